The van der Waals surface area contributed by atoms with E-state index < -0.39 is 36.0 Å². The Labute approximate surface area is 192 Å². The highest BCUT2D eigenvalue weighted by Crippen LogP contribution is 2.35. The molecule has 2 fully saturated rings. The smallest absolute Gasteiger partial charge is 0.326 e. The fraction of sp³-hybridized carbons (Fsp3) is 0.360. The molecule has 33 heavy (non-hydrogen) atoms. The van der Waals surface area contributed by atoms with Gasteiger partial charge in [0.2, 0.25) is 5.91 Å². The van der Waals surface area contributed by atoms with E-state index in [0.717, 1.165) is 30.6 Å². The SMILES string of the molecule is C[C@@H]1CCCC[C@@H]1NC(=O)NC(=O)CN1C(=O)NC(c2ccccc2)(c2ccccc2)C1=O. The summed E-state index contributed by atoms with van der Waals surface area (Å²) >= 11 is 0. The maximum atomic E-state index is 13.6. The fourth-order valence-corrected chi connectivity index (χ4v) is 4.70. The second-order valence-electron chi connectivity index (χ2n) is 8.69. The van der Waals surface area contributed by atoms with E-state index in [2.05, 4.69) is 22.9 Å². The molecule has 1 heterocycles. The Bertz CT molecular complexity index is 1000. The van der Waals surface area contributed by atoms with E-state index in [-0.39, 0.29) is 6.04 Å². The highest BCUT2D eigenvalue weighted by molar-refractivity contribution is 6.12. The average Bonchev–Trinajstić information content (AvgIpc) is 3.07. The van der Waals surface area contributed by atoms with Crippen molar-refractivity contribution in [3.8, 4) is 0 Å². The lowest BCUT2D eigenvalue weighted by molar-refractivity contribution is -0.134. The van der Waals surface area contributed by atoms with Crippen molar-refractivity contribution < 1.29 is 19.2 Å². The molecule has 2 aliphatic rings. The van der Waals surface area contributed by atoms with Gasteiger partial charge in [-0.25, -0.2) is 9.59 Å². The Balaban J connectivity index is 1.50. The molecule has 172 valence electrons. The van der Waals surface area contributed by atoms with Crippen molar-refractivity contribution in [1.82, 2.24) is 20.9 Å². The number of imide groups is 2. The Morgan fingerprint density at radius 1 is 0.970 bits per heavy atom. The predicted octanol–water partition coefficient (Wildman–Crippen LogP) is 2.89. The van der Waals surface area contributed by atoms with Crippen LogP contribution < -0.4 is 16.0 Å². The van der Waals surface area contributed by atoms with Gasteiger partial charge >= 0.3 is 12.1 Å². The van der Waals surface area contributed by atoms with Crippen LogP contribution in [0.3, 0.4) is 0 Å². The first-order valence-electron chi connectivity index (χ1n) is 11.3. The zero-order valence-corrected chi connectivity index (χ0v) is 18.5. The first kappa shape index (κ1) is 22.5. The summed E-state index contributed by atoms with van der Waals surface area (Å²) in [6, 6.07) is 16.5. The van der Waals surface area contributed by atoms with Crippen LogP contribution in [-0.4, -0.2) is 41.4 Å². The zero-order valence-electron chi connectivity index (χ0n) is 18.5. The number of benzene rings is 2. The molecule has 1 aliphatic carbocycles. The summed E-state index contributed by atoms with van der Waals surface area (Å²) in [6.45, 7) is 1.52. The van der Waals surface area contributed by atoms with Crippen LogP contribution >= 0.6 is 0 Å². The highest BCUT2D eigenvalue weighted by Gasteiger charge is 2.54. The molecule has 4 rings (SSSR count). The van der Waals surface area contributed by atoms with Gasteiger partial charge in [0.25, 0.3) is 5.91 Å². The molecule has 0 aromatic heterocycles. The second kappa shape index (κ2) is 9.44. The van der Waals surface area contributed by atoms with E-state index >= 15 is 0 Å². The van der Waals surface area contributed by atoms with Crippen molar-refractivity contribution in [3.05, 3.63) is 71.8 Å². The van der Waals surface area contributed by atoms with Crippen molar-refractivity contribution in [3.63, 3.8) is 0 Å². The third kappa shape index (κ3) is 4.46. The van der Waals surface area contributed by atoms with E-state index in [9.17, 15) is 19.2 Å². The third-order valence-electron chi connectivity index (χ3n) is 6.50. The van der Waals surface area contributed by atoms with Gasteiger partial charge in [-0.2, -0.15) is 0 Å². The number of hydrogen-bond donors (Lipinski definition) is 3. The molecule has 8 nitrogen and oxygen atoms in total. The number of nitrogens with zero attached hydrogens (tertiary/aromatic N) is 1. The topological polar surface area (TPSA) is 108 Å². The van der Waals surface area contributed by atoms with Gasteiger partial charge in [0.15, 0.2) is 5.54 Å². The van der Waals surface area contributed by atoms with Crippen molar-refractivity contribution in [2.75, 3.05) is 6.54 Å². The second-order valence-corrected chi connectivity index (χ2v) is 8.69. The average molecular weight is 449 g/mol. The number of rotatable bonds is 5. The van der Waals surface area contributed by atoms with Crippen LogP contribution in [0.2, 0.25) is 0 Å². The van der Waals surface area contributed by atoms with Gasteiger partial charge in [-0.15, -0.1) is 0 Å². The van der Waals surface area contributed by atoms with Gasteiger partial charge in [-0.3, -0.25) is 19.8 Å². The van der Waals surface area contributed by atoms with Crippen molar-refractivity contribution in [2.45, 2.75) is 44.2 Å². The van der Waals surface area contributed by atoms with Gasteiger partial charge in [-0.05, 0) is 29.9 Å². The summed E-state index contributed by atoms with van der Waals surface area (Å²) in [7, 11) is 0. The standard InChI is InChI=1S/C25H28N4O4/c1-17-10-8-9-15-20(17)26-23(32)27-21(30)16-29-22(31)25(28-24(29)33,18-11-4-2-5-12-18)19-13-6-3-7-14-19/h2-7,11-14,17,20H,8-10,15-16H2,1H3,(H,28,33)(H2,26,27,30,32)/t17-,20+/m1/s1. The van der Waals surface area contributed by atoms with E-state index in [4.69, 9.17) is 0 Å². The van der Waals surface area contributed by atoms with Crippen molar-refractivity contribution in [1.29, 1.82) is 0 Å². The Kier molecular flexibility index (Phi) is 6.44. The molecule has 1 saturated carbocycles. The van der Waals surface area contributed by atoms with E-state index in [1.165, 1.54) is 0 Å². The van der Waals surface area contributed by atoms with Gasteiger partial charge in [-0.1, -0.05) is 80.4 Å². The van der Waals surface area contributed by atoms with E-state index in [1.54, 1.807) is 48.5 Å². The minimum Gasteiger partial charge on any atom is -0.335 e. The molecule has 3 N–H and O–H groups in total. The normalized spacial score (nSPS) is 21.9. The summed E-state index contributed by atoms with van der Waals surface area (Å²) in [5, 5.41) is 7.89. The highest BCUT2D eigenvalue weighted by atomic mass is 16.2. The summed E-state index contributed by atoms with van der Waals surface area (Å²) in [6.07, 6.45) is 4.07. The molecule has 1 aliphatic heterocycles. The maximum absolute atomic E-state index is 13.6. The number of carbonyl (C=O) groups is 4. The molecule has 6 amide bonds. The van der Waals surface area contributed by atoms with Gasteiger partial charge in [0.1, 0.15) is 6.54 Å². The quantitative estimate of drug-likeness (QED) is 0.611. The van der Waals surface area contributed by atoms with Crippen LogP contribution in [0, 0.1) is 5.92 Å². The third-order valence-corrected chi connectivity index (χ3v) is 6.50. The number of nitrogens with one attached hydrogen (secondary N) is 3. The van der Waals surface area contributed by atoms with Gasteiger partial charge in [0, 0.05) is 6.04 Å². The Morgan fingerprint density at radius 3 is 2.12 bits per heavy atom. The Morgan fingerprint density at radius 2 is 1.55 bits per heavy atom. The lowest BCUT2D eigenvalue weighted by Crippen LogP contribution is -2.51. The minimum absolute atomic E-state index is 0.00655. The number of amides is 6. The lowest BCUT2D eigenvalue weighted by Gasteiger charge is -2.29. The molecule has 0 radical (unpaired) electrons. The first-order valence-corrected chi connectivity index (χ1v) is 11.3. The molecule has 8 heteroatoms. The minimum atomic E-state index is -1.44. The molecule has 1 saturated heterocycles. The van der Waals surface area contributed by atoms with Crippen LogP contribution in [0.25, 0.3) is 0 Å². The molecular weight excluding hydrogens is 420 g/mol. The first-order chi connectivity index (χ1) is 15.9. The van der Waals surface area contributed by atoms with E-state index in [1.807, 2.05) is 12.1 Å². The number of urea groups is 2. The summed E-state index contributed by atoms with van der Waals surface area (Å²) < 4.78 is 0. The summed E-state index contributed by atoms with van der Waals surface area (Å²) in [5.41, 5.74) is -0.275. The van der Waals surface area contributed by atoms with E-state index in [0.29, 0.717) is 17.0 Å². The van der Waals surface area contributed by atoms with Crippen molar-refractivity contribution >= 4 is 23.9 Å². The maximum Gasteiger partial charge on any atom is 0.326 e. The summed E-state index contributed by atoms with van der Waals surface area (Å²) in [4.78, 5) is 52.2. The largest absolute Gasteiger partial charge is 0.335 e. The Hall–Kier alpha value is -3.68. The van der Waals surface area contributed by atoms with Crippen LogP contribution in [0.1, 0.15) is 43.7 Å². The molecule has 0 spiro atoms. The zero-order chi connectivity index (χ0) is 23.4. The molecule has 2 aromatic carbocycles. The lowest BCUT2D eigenvalue weighted by atomic mass is 9.82. The molecular formula is C25H28N4O4. The summed E-state index contributed by atoms with van der Waals surface area (Å²) in [5.74, 6) is -0.958. The molecule has 0 bridgehead atoms. The van der Waals surface area contributed by atoms with Gasteiger partial charge < -0.3 is 10.6 Å². The molecule has 2 atom stereocenters. The van der Waals surface area contributed by atoms with Crippen LogP contribution in [0.5, 0.6) is 0 Å². The fourth-order valence-electron chi connectivity index (χ4n) is 4.70. The van der Waals surface area contributed by atoms with Crippen LogP contribution in [-0.2, 0) is 15.1 Å². The molecule has 2 aromatic rings. The predicted molar refractivity (Wildman–Crippen MR) is 122 cm³/mol. The van der Waals surface area contributed by atoms with Gasteiger partial charge in [0.05, 0.1) is 0 Å². The number of hydrogen-bond acceptors (Lipinski definition) is 4. The van der Waals surface area contributed by atoms with Crippen molar-refractivity contribution in [2.24, 2.45) is 5.92 Å². The number of carbonyl (C=O) groups excluding carboxylic acids is 4. The molecule has 0 unspecified atom stereocenters. The monoisotopic (exact) mass is 448 g/mol. The van der Waals surface area contributed by atoms with Crippen LogP contribution in [0.15, 0.2) is 60.7 Å². The van der Waals surface area contributed by atoms with Crippen LogP contribution in [0.4, 0.5) is 9.59 Å².